The van der Waals surface area contributed by atoms with E-state index in [-0.39, 0.29) is 0 Å². The van der Waals surface area contributed by atoms with Crippen LogP contribution < -0.4 is 5.32 Å². The average Bonchev–Trinajstić information content (AvgIpc) is 2.45. The lowest BCUT2D eigenvalue weighted by Gasteiger charge is -2.38. The van der Waals surface area contributed by atoms with Crippen LogP contribution in [0, 0.1) is 0 Å². The normalized spacial score (nSPS) is 22.1. The number of hydrogen-bond donors (Lipinski definition) is 2. The van der Waals surface area contributed by atoms with Crippen LogP contribution in [0.3, 0.4) is 0 Å². The monoisotopic (exact) mass is 294 g/mol. The second kappa shape index (κ2) is 6.66. The van der Waals surface area contributed by atoms with Crippen LogP contribution in [0.5, 0.6) is 0 Å². The molecule has 0 aliphatic carbocycles. The first-order chi connectivity index (χ1) is 9.63. The van der Waals surface area contributed by atoms with Gasteiger partial charge in [-0.3, -0.25) is 4.90 Å². The van der Waals surface area contributed by atoms with Gasteiger partial charge in [0.05, 0.1) is 0 Å². The van der Waals surface area contributed by atoms with Crippen molar-refractivity contribution in [1.82, 2.24) is 10.2 Å². The van der Waals surface area contributed by atoms with Crippen molar-refractivity contribution in [3.05, 3.63) is 47.7 Å². The lowest BCUT2D eigenvalue weighted by Crippen LogP contribution is -2.48. The first-order valence-corrected chi connectivity index (χ1v) is 7.24. The fourth-order valence-corrected chi connectivity index (χ4v) is 2.65. The van der Waals surface area contributed by atoms with Gasteiger partial charge >= 0.3 is 6.09 Å². The molecule has 0 aromatic heterocycles. The van der Waals surface area contributed by atoms with Crippen molar-refractivity contribution in [1.29, 1.82) is 0 Å². The molecule has 0 bridgehead atoms. The van der Waals surface area contributed by atoms with Gasteiger partial charge in [0.1, 0.15) is 11.7 Å². The van der Waals surface area contributed by atoms with Gasteiger partial charge < -0.3 is 10.4 Å². The minimum absolute atomic E-state index is 0.437. The molecule has 1 aliphatic rings. The summed E-state index contributed by atoms with van der Waals surface area (Å²) in [6.45, 7) is 2.12. The van der Waals surface area contributed by atoms with E-state index in [9.17, 15) is 9.90 Å². The van der Waals surface area contributed by atoms with Gasteiger partial charge in [0.25, 0.3) is 0 Å². The predicted molar refractivity (Wildman–Crippen MR) is 79.4 cm³/mol. The van der Waals surface area contributed by atoms with Crippen molar-refractivity contribution in [2.45, 2.75) is 37.9 Å². The Labute approximate surface area is 124 Å². The highest BCUT2D eigenvalue weighted by molar-refractivity contribution is 6.22. The van der Waals surface area contributed by atoms with Crippen molar-refractivity contribution in [3.63, 3.8) is 0 Å². The number of carboxylic acid groups (broad SMARTS) is 1. The zero-order chi connectivity index (χ0) is 14.5. The average molecular weight is 295 g/mol. The molecule has 0 fully saturated rings. The highest BCUT2D eigenvalue weighted by Gasteiger charge is 2.33. The summed E-state index contributed by atoms with van der Waals surface area (Å²) in [6, 6.07) is 9.50. The Morgan fingerprint density at radius 3 is 2.70 bits per heavy atom. The van der Waals surface area contributed by atoms with E-state index >= 15 is 0 Å². The van der Waals surface area contributed by atoms with Crippen LogP contribution in [-0.4, -0.2) is 21.6 Å². The van der Waals surface area contributed by atoms with Crippen LogP contribution in [0.25, 0.3) is 0 Å². The van der Waals surface area contributed by atoms with E-state index in [1.165, 1.54) is 4.90 Å². The van der Waals surface area contributed by atoms with Crippen LogP contribution in [0.2, 0.25) is 0 Å². The molecule has 1 amide bonds. The Morgan fingerprint density at radius 2 is 2.10 bits per heavy atom. The van der Waals surface area contributed by atoms with E-state index in [0.717, 1.165) is 30.5 Å². The summed E-state index contributed by atoms with van der Waals surface area (Å²) >= 11 is 6.22. The minimum atomic E-state index is -1.03. The third kappa shape index (κ3) is 3.25. The summed E-state index contributed by atoms with van der Waals surface area (Å²) in [5, 5.41) is 12.7. The molecule has 5 heteroatoms. The molecular formula is C15H19ClN2O2. The molecule has 108 valence electrons. The number of rotatable bonds is 4. The van der Waals surface area contributed by atoms with Crippen LogP contribution in [-0.2, 0) is 0 Å². The third-order valence-corrected chi connectivity index (χ3v) is 3.68. The zero-order valence-corrected chi connectivity index (χ0v) is 12.2. The van der Waals surface area contributed by atoms with Gasteiger partial charge in [-0.15, -0.1) is 0 Å². The van der Waals surface area contributed by atoms with Crippen LogP contribution in [0.4, 0.5) is 4.79 Å². The molecule has 0 radical (unpaired) electrons. The maximum absolute atomic E-state index is 11.4. The predicted octanol–water partition coefficient (Wildman–Crippen LogP) is 3.91. The number of halogens is 1. The quantitative estimate of drug-likeness (QED) is 0.654. The topological polar surface area (TPSA) is 52.6 Å². The Balaban J connectivity index is 2.27. The van der Waals surface area contributed by atoms with Gasteiger partial charge in [-0.25, -0.2) is 4.79 Å². The van der Waals surface area contributed by atoms with Crippen molar-refractivity contribution in [2.75, 3.05) is 0 Å². The molecule has 2 N–H and O–H groups in total. The number of allylic oxidation sites excluding steroid dienone is 1. The van der Waals surface area contributed by atoms with Gasteiger partial charge in [0.2, 0.25) is 0 Å². The first kappa shape index (κ1) is 14.7. The Bertz CT molecular complexity index is 490. The fourth-order valence-electron chi connectivity index (χ4n) is 2.30. The van der Waals surface area contributed by atoms with Crippen molar-refractivity contribution in [3.8, 4) is 0 Å². The number of hydrogen-bond acceptors (Lipinski definition) is 2. The lowest BCUT2D eigenvalue weighted by molar-refractivity contribution is 0.111. The summed E-state index contributed by atoms with van der Waals surface area (Å²) in [4.78, 5) is 12.7. The number of amides is 1. The van der Waals surface area contributed by atoms with Gasteiger partial charge in [0, 0.05) is 5.70 Å². The Kier molecular flexibility index (Phi) is 4.90. The van der Waals surface area contributed by atoms with Crippen molar-refractivity contribution >= 4 is 17.7 Å². The van der Waals surface area contributed by atoms with Crippen LogP contribution >= 0.6 is 11.6 Å². The van der Waals surface area contributed by atoms with E-state index in [2.05, 4.69) is 12.2 Å². The molecule has 1 aliphatic heterocycles. The van der Waals surface area contributed by atoms with Gasteiger partial charge in [-0.1, -0.05) is 55.3 Å². The largest absolute Gasteiger partial charge is 0.465 e. The number of alkyl halides is 1. The Morgan fingerprint density at radius 1 is 1.40 bits per heavy atom. The number of nitrogens with one attached hydrogen (secondary N) is 1. The molecule has 1 aromatic rings. The molecule has 2 unspecified atom stereocenters. The SMILES string of the molecule is CCCCC1=CC(Cl)N(C(=O)O)C(c2ccccc2)N1. The van der Waals surface area contributed by atoms with E-state index in [4.69, 9.17) is 11.6 Å². The van der Waals surface area contributed by atoms with Crippen molar-refractivity contribution < 1.29 is 9.90 Å². The van der Waals surface area contributed by atoms with E-state index in [0.29, 0.717) is 0 Å². The van der Waals surface area contributed by atoms with E-state index in [1.54, 1.807) is 6.08 Å². The molecular weight excluding hydrogens is 276 g/mol. The summed E-state index contributed by atoms with van der Waals surface area (Å²) in [7, 11) is 0. The third-order valence-electron chi connectivity index (χ3n) is 3.34. The van der Waals surface area contributed by atoms with E-state index in [1.807, 2.05) is 30.3 Å². The number of carbonyl (C=O) groups is 1. The second-order valence-electron chi connectivity index (χ2n) is 4.82. The molecule has 0 spiro atoms. The molecule has 1 heterocycles. The van der Waals surface area contributed by atoms with Gasteiger partial charge in [0.15, 0.2) is 0 Å². The number of nitrogens with zero attached hydrogens (tertiary/aromatic N) is 1. The molecule has 1 aromatic carbocycles. The highest BCUT2D eigenvalue weighted by Crippen LogP contribution is 2.29. The zero-order valence-electron chi connectivity index (χ0n) is 11.4. The van der Waals surface area contributed by atoms with Crippen LogP contribution in [0.15, 0.2) is 42.1 Å². The molecule has 4 nitrogen and oxygen atoms in total. The lowest BCUT2D eigenvalue weighted by atomic mass is 10.1. The summed E-state index contributed by atoms with van der Waals surface area (Å²) in [6.07, 6.45) is 3.34. The van der Waals surface area contributed by atoms with Crippen molar-refractivity contribution in [2.24, 2.45) is 0 Å². The summed E-state index contributed by atoms with van der Waals surface area (Å²) in [5.74, 6) is 0. The minimum Gasteiger partial charge on any atom is -0.465 e. The maximum Gasteiger partial charge on any atom is 0.410 e. The number of benzene rings is 1. The second-order valence-corrected chi connectivity index (χ2v) is 5.26. The molecule has 20 heavy (non-hydrogen) atoms. The summed E-state index contributed by atoms with van der Waals surface area (Å²) < 4.78 is 0. The highest BCUT2D eigenvalue weighted by atomic mass is 35.5. The molecule has 2 rings (SSSR count). The van der Waals surface area contributed by atoms with Gasteiger partial charge in [-0.2, -0.15) is 0 Å². The van der Waals surface area contributed by atoms with E-state index < -0.39 is 17.8 Å². The Hall–Kier alpha value is -1.68. The number of unbranched alkanes of at least 4 members (excludes halogenated alkanes) is 1. The molecule has 2 atom stereocenters. The molecule has 0 saturated heterocycles. The molecule has 0 saturated carbocycles. The maximum atomic E-state index is 11.4. The van der Waals surface area contributed by atoms with Crippen LogP contribution in [0.1, 0.15) is 37.9 Å². The first-order valence-electron chi connectivity index (χ1n) is 6.81. The summed E-state index contributed by atoms with van der Waals surface area (Å²) in [5.41, 5.74) is 1.26. The van der Waals surface area contributed by atoms with Gasteiger partial charge in [-0.05, 0) is 24.5 Å². The fraction of sp³-hybridized carbons (Fsp3) is 0.400. The standard InChI is InChI=1S/C15H19ClN2O2/c1-2-3-9-12-10-13(16)18(15(19)20)14(17-12)11-7-5-4-6-8-11/h4-8,10,13-14,17H,2-3,9H2,1H3,(H,19,20). The smallest absolute Gasteiger partial charge is 0.410 e.